The van der Waals surface area contributed by atoms with Crippen LogP contribution in [0.2, 0.25) is 0 Å². The maximum Gasteiger partial charge on any atom is 0.394 e. The third-order valence-corrected chi connectivity index (χ3v) is 2.21. The summed E-state index contributed by atoms with van der Waals surface area (Å²) in [5.41, 5.74) is 2.73. The van der Waals surface area contributed by atoms with E-state index >= 15 is 0 Å². The lowest BCUT2D eigenvalue weighted by Gasteiger charge is -2.21. The molecule has 0 amide bonds. The minimum atomic E-state index is -4.67. The lowest BCUT2D eigenvalue weighted by Crippen LogP contribution is -2.27. The molecule has 0 spiro atoms. The topological polar surface area (TPSA) is 138 Å². The molecule has 1 aromatic rings. The van der Waals surface area contributed by atoms with Gasteiger partial charge in [-0.25, -0.2) is 10.5 Å². The molecule has 1 aromatic heterocycles. The van der Waals surface area contributed by atoms with Crippen molar-refractivity contribution in [2.24, 2.45) is 0 Å². The van der Waals surface area contributed by atoms with Gasteiger partial charge in [0.15, 0.2) is 0 Å². The van der Waals surface area contributed by atoms with Gasteiger partial charge in [-0.3, -0.25) is 13.9 Å². The lowest BCUT2D eigenvalue weighted by molar-refractivity contribution is 0.128. The smallest absolute Gasteiger partial charge is 0.341 e. The van der Waals surface area contributed by atoms with Crippen LogP contribution in [0.1, 0.15) is 40.5 Å². The first-order valence-corrected chi connectivity index (χ1v) is 8.62. The SMILES string of the molecule is CCCN(CCC)c1ncnc(NOC(C)C)n1.O=S(=O)(O)O. The van der Waals surface area contributed by atoms with E-state index in [0.29, 0.717) is 11.9 Å². The van der Waals surface area contributed by atoms with Crippen molar-refractivity contribution < 1.29 is 22.4 Å². The molecule has 0 saturated carbocycles. The van der Waals surface area contributed by atoms with Gasteiger partial charge >= 0.3 is 10.4 Å². The molecule has 0 aliphatic rings. The van der Waals surface area contributed by atoms with E-state index in [2.05, 4.69) is 39.2 Å². The van der Waals surface area contributed by atoms with Crippen LogP contribution in [0.15, 0.2) is 6.33 Å². The van der Waals surface area contributed by atoms with Crippen LogP contribution in [0.4, 0.5) is 11.9 Å². The second-order valence-corrected chi connectivity index (χ2v) is 5.71. The van der Waals surface area contributed by atoms with E-state index in [1.165, 1.54) is 6.33 Å². The second-order valence-electron chi connectivity index (χ2n) is 4.81. The third kappa shape index (κ3) is 12.6. The summed E-state index contributed by atoms with van der Waals surface area (Å²) in [7, 11) is -4.67. The van der Waals surface area contributed by atoms with E-state index in [1.807, 2.05) is 13.8 Å². The van der Waals surface area contributed by atoms with Crippen LogP contribution in [0, 0.1) is 0 Å². The molecule has 0 atom stereocenters. The summed E-state index contributed by atoms with van der Waals surface area (Å²) in [6, 6.07) is 0. The molecular formula is C12H25N5O5S. The fourth-order valence-electron chi connectivity index (χ4n) is 1.51. The molecule has 134 valence electrons. The van der Waals surface area contributed by atoms with Crippen molar-refractivity contribution >= 4 is 22.3 Å². The molecular weight excluding hydrogens is 326 g/mol. The zero-order valence-corrected chi connectivity index (χ0v) is 14.6. The first-order chi connectivity index (χ1) is 10.7. The van der Waals surface area contributed by atoms with E-state index in [1.54, 1.807) is 0 Å². The second kappa shape index (κ2) is 11.0. The van der Waals surface area contributed by atoms with Crippen molar-refractivity contribution in [2.75, 3.05) is 23.5 Å². The van der Waals surface area contributed by atoms with Gasteiger partial charge in [0.2, 0.25) is 5.95 Å². The standard InChI is InChI=1S/C12H23N5O.H2O4S/c1-5-7-17(8-6-2)12-14-9-13-11(15-12)16-18-10(3)4;1-5(2,3)4/h9-10H,5-8H2,1-4H3,(H,13,14,15,16);(H2,1,2,3,4). The first-order valence-electron chi connectivity index (χ1n) is 7.22. The van der Waals surface area contributed by atoms with Crippen LogP contribution < -0.4 is 10.4 Å². The van der Waals surface area contributed by atoms with E-state index in [4.69, 9.17) is 22.4 Å². The number of nitrogens with one attached hydrogen (secondary N) is 1. The molecule has 1 heterocycles. The van der Waals surface area contributed by atoms with E-state index in [9.17, 15) is 0 Å². The maximum absolute atomic E-state index is 8.74. The Morgan fingerprint density at radius 3 is 2.17 bits per heavy atom. The van der Waals surface area contributed by atoms with E-state index < -0.39 is 10.4 Å². The van der Waals surface area contributed by atoms with E-state index in [-0.39, 0.29) is 6.10 Å². The predicted octanol–water partition coefficient (Wildman–Crippen LogP) is 1.60. The van der Waals surface area contributed by atoms with Gasteiger partial charge in [-0.15, -0.1) is 0 Å². The van der Waals surface area contributed by atoms with Gasteiger partial charge < -0.3 is 4.90 Å². The number of hydrogen-bond acceptors (Lipinski definition) is 8. The quantitative estimate of drug-likeness (QED) is 0.467. The van der Waals surface area contributed by atoms with Gasteiger partial charge in [0.25, 0.3) is 5.95 Å². The van der Waals surface area contributed by atoms with Crippen molar-refractivity contribution in [3.8, 4) is 0 Å². The summed E-state index contributed by atoms with van der Waals surface area (Å²) in [6.45, 7) is 10.1. The molecule has 1 rings (SSSR count). The van der Waals surface area contributed by atoms with Gasteiger partial charge in [0.1, 0.15) is 6.33 Å². The minimum Gasteiger partial charge on any atom is -0.341 e. The van der Waals surface area contributed by atoms with Crippen molar-refractivity contribution in [3.05, 3.63) is 6.33 Å². The highest BCUT2D eigenvalue weighted by Gasteiger charge is 2.09. The highest BCUT2D eigenvalue weighted by Crippen LogP contribution is 2.10. The summed E-state index contributed by atoms with van der Waals surface area (Å²) >= 11 is 0. The highest BCUT2D eigenvalue weighted by atomic mass is 32.3. The maximum atomic E-state index is 8.74. The molecule has 0 saturated heterocycles. The summed E-state index contributed by atoms with van der Waals surface area (Å²) < 4.78 is 31.6. The summed E-state index contributed by atoms with van der Waals surface area (Å²) in [5, 5.41) is 0. The summed E-state index contributed by atoms with van der Waals surface area (Å²) in [4.78, 5) is 20.0. The average Bonchev–Trinajstić information content (AvgIpc) is 2.43. The molecule has 3 N–H and O–H groups in total. The number of anilines is 2. The Hall–Kier alpha value is -1.56. The number of rotatable bonds is 8. The Morgan fingerprint density at radius 2 is 1.74 bits per heavy atom. The van der Waals surface area contributed by atoms with Crippen molar-refractivity contribution in [3.63, 3.8) is 0 Å². The Labute approximate surface area is 136 Å². The van der Waals surface area contributed by atoms with Crippen molar-refractivity contribution in [1.82, 2.24) is 15.0 Å². The van der Waals surface area contributed by atoms with Crippen LogP contribution in [0.25, 0.3) is 0 Å². The molecule has 23 heavy (non-hydrogen) atoms. The van der Waals surface area contributed by atoms with Gasteiger partial charge in [-0.1, -0.05) is 13.8 Å². The zero-order chi connectivity index (χ0) is 17.9. The molecule has 11 heteroatoms. The predicted molar refractivity (Wildman–Crippen MR) is 86.6 cm³/mol. The van der Waals surface area contributed by atoms with Gasteiger partial charge in [0, 0.05) is 13.1 Å². The molecule has 0 aliphatic heterocycles. The number of hydrogen-bond donors (Lipinski definition) is 3. The third-order valence-electron chi connectivity index (χ3n) is 2.21. The zero-order valence-electron chi connectivity index (χ0n) is 13.8. The molecule has 0 unspecified atom stereocenters. The van der Waals surface area contributed by atoms with Crippen molar-refractivity contribution in [2.45, 2.75) is 46.6 Å². The van der Waals surface area contributed by atoms with Gasteiger partial charge in [-0.2, -0.15) is 18.4 Å². The van der Waals surface area contributed by atoms with Gasteiger partial charge in [-0.05, 0) is 26.7 Å². The summed E-state index contributed by atoms with van der Waals surface area (Å²) in [5.74, 6) is 1.15. The van der Waals surface area contributed by atoms with E-state index in [0.717, 1.165) is 25.9 Å². The number of aromatic nitrogens is 3. The Morgan fingerprint density at radius 1 is 1.22 bits per heavy atom. The first kappa shape index (κ1) is 21.4. The van der Waals surface area contributed by atoms with Crippen LogP contribution in [-0.2, 0) is 15.2 Å². The Balaban J connectivity index is 0.000000841. The Kier molecular flexibility index (Phi) is 10.3. The van der Waals surface area contributed by atoms with Crippen LogP contribution in [-0.4, -0.2) is 51.7 Å². The molecule has 0 radical (unpaired) electrons. The fraction of sp³-hybridized carbons (Fsp3) is 0.750. The lowest BCUT2D eigenvalue weighted by atomic mass is 10.4. The molecule has 0 bridgehead atoms. The van der Waals surface area contributed by atoms with Gasteiger partial charge in [0.05, 0.1) is 6.10 Å². The fourth-order valence-corrected chi connectivity index (χ4v) is 1.51. The summed E-state index contributed by atoms with van der Waals surface area (Å²) in [6.07, 6.45) is 3.72. The molecule has 0 fully saturated rings. The normalized spacial score (nSPS) is 10.9. The van der Waals surface area contributed by atoms with Crippen LogP contribution in [0.3, 0.4) is 0 Å². The highest BCUT2D eigenvalue weighted by molar-refractivity contribution is 7.79. The van der Waals surface area contributed by atoms with Crippen LogP contribution in [0.5, 0.6) is 0 Å². The monoisotopic (exact) mass is 351 g/mol. The Bertz CT molecular complexity index is 526. The molecule has 0 aliphatic carbocycles. The average molecular weight is 351 g/mol. The molecule has 0 aromatic carbocycles. The van der Waals surface area contributed by atoms with Crippen molar-refractivity contribution in [1.29, 1.82) is 0 Å². The van der Waals surface area contributed by atoms with Crippen LogP contribution >= 0.6 is 0 Å². The number of nitrogens with zero attached hydrogens (tertiary/aromatic N) is 4. The minimum absolute atomic E-state index is 0.0765. The largest absolute Gasteiger partial charge is 0.394 e. The molecule has 10 nitrogen and oxygen atoms in total.